The van der Waals surface area contributed by atoms with Crippen LogP contribution in [0.15, 0.2) is 29.6 Å². The highest BCUT2D eigenvalue weighted by Gasteiger charge is 2.28. The van der Waals surface area contributed by atoms with Crippen LogP contribution in [0.1, 0.15) is 33.4 Å². The summed E-state index contributed by atoms with van der Waals surface area (Å²) in [5.41, 5.74) is 7.22. The van der Waals surface area contributed by atoms with Gasteiger partial charge in [-0.05, 0) is 44.0 Å². The smallest absolute Gasteiger partial charge is 0.226 e. The molecule has 1 atom stereocenters. The van der Waals surface area contributed by atoms with Crippen LogP contribution in [0.5, 0.6) is 5.75 Å². The van der Waals surface area contributed by atoms with E-state index in [4.69, 9.17) is 10.5 Å². The minimum absolute atomic E-state index is 0. The summed E-state index contributed by atoms with van der Waals surface area (Å²) in [6, 6.07) is 7.83. The maximum atomic E-state index is 12.3. The van der Waals surface area contributed by atoms with Gasteiger partial charge in [-0.25, -0.2) is 4.98 Å². The van der Waals surface area contributed by atoms with Gasteiger partial charge in [0.1, 0.15) is 10.8 Å². The van der Waals surface area contributed by atoms with Gasteiger partial charge in [0.25, 0.3) is 0 Å². The fourth-order valence-corrected chi connectivity index (χ4v) is 3.17. The largest absolute Gasteiger partial charge is 0.494 e. The van der Waals surface area contributed by atoms with Crippen LogP contribution in [0.4, 0.5) is 0 Å². The van der Waals surface area contributed by atoms with Crippen molar-refractivity contribution in [1.82, 2.24) is 10.3 Å². The maximum Gasteiger partial charge on any atom is 0.226 e. The van der Waals surface area contributed by atoms with Crippen LogP contribution in [0, 0.1) is 5.92 Å². The van der Waals surface area contributed by atoms with Gasteiger partial charge in [0.05, 0.1) is 24.3 Å². The first-order valence-electron chi connectivity index (χ1n) is 8.56. The molecule has 0 radical (unpaired) electrons. The maximum absolute atomic E-state index is 12.3. The number of rotatable bonds is 8. The van der Waals surface area contributed by atoms with Crippen molar-refractivity contribution in [2.24, 2.45) is 11.7 Å². The minimum Gasteiger partial charge on any atom is -0.494 e. The van der Waals surface area contributed by atoms with Crippen LogP contribution in [-0.4, -0.2) is 29.6 Å². The number of hydrogen-bond acceptors (Lipinski definition) is 5. The van der Waals surface area contributed by atoms with E-state index in [2.05, 4.69) is 24.1 Å². The van der Waals surface area contributed by atoms with Gasteiger partial charge in [0.2, 0.25) is 5.91 Å². The molecule has 1 heterocycles. The standard InChI is InChI=1S/C19H27N3O2S.2ClH/c1-5-24-16-8-6-14(7-9-16)18-21-15(11-25-18)10-17(23)22-19(4,12-20)13(2)3;;/h6-9,11,13H,5,10,12,20H2,1-4H3,(H,22,23);2*1H. The third-order valence-electron chi connectivity index (χ3n) is 4.43. The van der Waals surface area contributed by atoms with Gasteiger partial charge >= 0.3 is 0 Å². The fraction of sp³-hybridized carbons (Fsp3) is 0.474. The Hall–Kier alpha value is -1.34. The molecule has 1 unspecified atom stereocenters. The molecule has 0 aliphatic heterocycles. The first-order valence-corrected chi connectivity index (χ1v) is 9.44. The van der Waals surface area contributed by atoms with Crippen molar-refractivity contribution in [1.29, 1.82) is 0 Å². The summed E-state index contributed by atoms with van der Waals surface area (Å²) in [5, 5.41) is 5.88. The molecule has 0 saturated heterocycles. The molecule has 0 fully saturated rings. The average Bonchev–Trinajstić information content (AvgIpc) is 3.03. The van der Waals surface area contributed by atoms with E-state index in [9.17, 15) is 4.79 Å². The molecule has 0 bridgehead atoms. The topological polar surface area (TPSA) is 77.2 Å². The zero-order valence-electron chi connectivity index (χ0n) is 16.2. The lowest BCUT2D eigenvalue weighted by Crippen LogP contribution is -2.55. The monoisotopic (exact) mass is 433 g/mol. The SMILES string of the molecule is CCOc1ccc(-c2nc(CC(=O)NC(C)(CN)C(C)C)cs2)cc1.Cl.Cl. The highest BCUT2D eigenvalue weighted by molar-refractivity contribution is 7.13. The number of carbonyl (C=O) groups is 1. The van der Waals surface area contributed by atoms with Crippen molar-refractivity contribution < 1.29 is 9.53 Å². The highest BCUT2D eigenvalue weighted by atomic mass is 35.5. The second-order valence-electron chi connectivity index (χ2n) is 6.60. The summed E-state index contributed by atoms with van der Waals surface area (Å²) in [7, 11) is 0. The Kier molecular flexibility index (Phi) is 10.9. The van der Waals surface area contributed by atoms with Gasteiger partial charge in [-0.1, -0.05) is 13.8 Å². The van der Waals surface area contributed by atoms with E-state index in [-0.39, 0.29) is 43.1 Å². The van der Waals surface area contributed by atoms with Gasteiger partial charge in [-0.2, -0.15) is 0 Å². The second kappa shape index (κ2) is 11.5. The summed E-state index contributed by atoms with van der Waals surface area (Å²) in [5.74, 6) is 1.05. The molecular formula is C19H29Cl2N3O2S. The predicted octanol–water partition coefficient (Wildman–Crippen LogP) is 4.08. The zero-order valence-corrected chi connectivity index (χ0v) is 18.6. The van der Waals surface area contributed by atoms with Crippen molar-refractivity contribution in [3.05, 3.63) is 35.3 Å². The molecule has 1 aromatic carbocycles. The number of hydrogen-bond donors (Lipinski definition) is 2. The molecular weight excluding hydrogens is 405 g/mol. The molecule has 1 aromatic heterocycles. The third kappa shape index (κ3) is 6.96. The van der Waals surface area contributed by atoms with Crippen LogP contribution in [0.3, 0.4) is 0 Å². The van der Waals surface area contributed by atoms with E-state index in [1.54, 1.807) is 0 Å². The summed E-state index contributed by atoms with van der Waals surface area (Å²) in [6.07, 6.45) is 0.260. The lowest BCUT2D eigenvalue weighted by Gasteiger charge is -2.33. The summed E-state index contributed by atoms with van der Waals surface area (Å²) in [6.45, 7) is 9.10. The molecule has 3 N–H and O–H groups in total. The van der Waals surface area contributed by atoms with Gasteiger partial charge in [-0.3, -0.25) is 4.79 Å². The minimum atomic E-state index is -0.398. The second-order valence-corrected chi connectivity index (χ2v) is 7.46. The van der Waals surface area contributed by atoms with Crippen molar-refractivity contribution in [2.75, 3.05) is 13.2 Å². The molecule has 27 heavy (non-hydrogen) atoms. The number of ether oxygens (including phenoxy) is 1. The third-order valence-corrected chi connectivity index (χ3v) is 5.37. The Morgan fingerprint density at radius 2 is 1.93 bits per heavy atom. The quantitative estimate of drug-likeness (QED) is 0.656. The molecule has 8 heteroatoms. The molecule has 2 rings (SSSR count). The molecule has 5 nitrogen and oxygen atoms in total. The number of benzene rings is 1. The predicted molar refractivity (Wildman–Crippen MR) is 117 cm³/mol. The van der Waals surface area contributed by atoms with E-state index in [1.165, 1.54) is 11.3 Å². The van der Waals surface area contributed by atoms with E-state index in [0.29, 0.717) is 13.2 Å². The number of halogens is 2. The van der Waals surface area contributed by atoms with E-state index in [1.807, 2.05) is 43.5 Å². The Bertz CT molecular complexity index is 707. The lowest BCUT2D eigenvalue weighted by molar-refractivity contribution is -0.122. The van der Waals surface area contributed by atoms with Crippen molar-refractivity contribution in [3.8, 4) is 16.3 Å². The van der Waals surface area contributed by atoms with E-state index >= 15 is 0 Å². The van der Waals surface area contributed by atoms with Crippen LogP contribution in [0.25, 0.3) is 10.6 Å². The van der Waals surface area contributed by atoms with E-state index < -0.39 is 5.54 Å². The Balaban J connectivity index is 0.00000338. The van der Waals surface area contributed by atoms with Gasteiger partial charge in [-0.15, -0.1) is 36.2 Å². The van der Waals surface area contributed by atoms with Crippen molar-refractivity contribution in [2.45, 2.75) is 39.7 Å². The van der Waals surface area contributed by atoms with Crippen LogP contribution >= 0.6 is 36.2 Å². The molecule has 0 aliphatic carbocycles. The molecule has 1 amide bonds. The zero-order chi connectivity index (χ0) is 18.4. The Morgan fingerprint density at radius 1 is 1.30 bits per heavy atom. The van der Waals surface area contributed by atoms with Gasteiger partial charge in [0.15, 0.2) is 0 Å². The molecule has 152 valence electrons. The summed E-state index contributed by atoms with van der Waals surface area (Å²) >= 11 is 1.54. The van der Waals surface area contributed by atoms with Crippen molar-refractivity contribution in [3.63, 3.8) is 0 Å². The molecule has 0 saturated carbocycles. The fourth-order valence-electron chi connectivity index (χ4n) is 2.34. The number of thiazole rings is 1. The normalized spacial score (nSPS) is 12.5. The number of nitrogens with one attached hydrogen (secondary N) is 1. The lowest BCUT2D eigenvalue weighted by atomic mass is 9.88. The number of carbonyl (C=O) groups excluding carboxylic acids is 1. The first-order chi connectivity index (χ1) is 11.9. The van der Waals surface area contributed by atoms with E-state index in [0.717, 1.165) is 22.0 Å². The Labute approximate surface area is 177 Å². The summed E-state index contributed by atoms with van der Waals surface area (Å²) < 4.78 is 5.45. The summed E-state index contributed by atoms with van der Waals surface area (Å²) in [4.78, 5) is 16.9. The number of nitrogens with two attached hydrogens (primary N) is 1. The molecule has 0 aliphatic rings. The molecule has 2 aromatic rings. The van der Waals surface area contributed by atoms with Gasteiger partial charge in [0, 0.05) is 17.5 Å². The number of amides is 1. The number of nitrogens with zero attached hydrogens (tertiary/aromatic N) is 1. The number of aromatic nitrogens is 1. The highest BCUT2D eigenvalue weighted by Crippen LogP contribution is 2.26. The van der Waals surface area contributed by atoms with Gasteiger partial charge < -0.3 is 15.8 Å². The van der Waals surface area contributed by atoms with Crippen molar-refractivity contribution >= 4 is 42.1 Å². The van der Waals surface area contributed by atoms with Crippen LogP contribution < -0.4 is 15.8 Å². The van der Waals surface area contributed by atoms with Crippen LogP contribution in [0.2, 0.25) is 0 Å². The first kappa shape index (κ1) is 25.7. The molecule has 0 spiro atoms. The Morgan fingerprint density at radius 3 is 2.44 bits per heavy atom. The van der Waals surface area contributed by atoms with Crippen LogP contribution in [-0.2, 0) is 11.2 Å². The average molecular weight is 434 g/mol.